The van der Waals surface area contributed by atoms with E-state index in [1.54, 1.807) is 13.2 Å². The quantitative estimate of drug-likeness (QED) is 0.581. The number of nitrogens with zero attached hydrogens (tertiary/aromatic N) is 1. The van der Waals surface area contributed by atoms with Gasteiger partial charge in [-0.05, 0) is 53.9 Å². The Morgan fingerprint density at radius 2 is 1.90 bits per heavy atom. The molecular weight excluding hydrogens is 386 g/mol. The van der Waals surface area contributed by atoms with Crippen LogP contribution in [-0.4, -0.2) is 29.8 Å². The van der Waals surface area contributed by atoms with E-state index < -0.39 is 0 Å². The van der Waals surface area contributed by atoms with Gasteiger partial charge >= 0.3 is 0 Å². The second kappa shape index (κ2) is 9.18. The molecule has 5 nitrogen and oxygen atoms in total. The first-order valence-electron chi connectivity index (χ1n) is 9.49. The van der Waals surface area contributed by atoms with Crippen LogP contribution in [0.25, 0.3) is 6.08 Å². The Morgan fingerprint density at radius 3 is 2.59 bits per heavy atom. The molecule has 0 N–H and O–H groups in total. The van der Waals surface area contributed by atoms with Gasteiger partial charge in [0.1, 0.15) is 0 Å². The SMILES string of the molecule is COc1cc(/C=C2\SC(=O)N(Cc3cccc(C)c3)C2=O)ccc1OCC(C)C. The highest BCUT2D eigenvalue weighted by Crippen LogP contribution is 2.35. The molecule has 0 spiro atoms. The van der Waals surface area contributed by atoms with Crippen molar-refractivity contribution < 1.29 is 19.1 Å². The predicted molar refractivity (Wildman–Crippen MR) is 116 cm³/mol. The van der Waals surface area contributed by atoms with Crippen LogP contribution in [0.3, 0.4) is 0 Å². The van der Waals surface area contributed by atoms with Crippen LogP contribution in [0.15, 0.2) is 47.4 Å². The Hall–Kier alpha value is -2.73. The maximum absolute atomic E-state index is 12.8. The maximum atomic E-state index is 12.8. The maximum Gasteiger partial charge on any atom is 0.293 e. The van der Waals surface area contributed by atoms with Crippen LogP contribution in [0, 0.1) is 12.8 Å². The summed E-state index contributed by atoms with van der Waals surface area (Å²) in [7, 11) is 1.58. The topological polar surface area (TPSA) is 55.8 Å². The van der Waals surface area contributed by atoms with E-state index in [0.29, 0.717) is 28.9 Å². The molecule has 29 heavy (non-hydrogen) atoms. The lowest BCUT2D eigenvalue weighted by Crippen LogP contribution is -2.27. The number of hydrogen-bond donors (Lipinski definition) is 0. The predicted octanol–water partition coefficient (Wildman–Crippen LogP) is 5.27. The molecular formula is C23H25NO4S. The molecule has 1 aliphatic heterocycles. The molecule has 3 rings (SSSR count). The fourth-order valence-electron chi connectivity index (χ4n) is 2.93. The van der Waals surface area contributed by atoms with Crippen molar-refractivity contribution in [3.63, 3.8) is 0 Å². The molecule has 1 saturated heterocycles. The van der Waals surface area contributed by atoms with Crippen molar-refractivity contribution in [1.82, 2.24) is 4.90 Å². The van der Waals surface area contributed by atoms with Gasteiger partial charge < -0.3 is 9.47 Å². The number of amides is 2. The number of carbonyl (C=O) groups excluding carboxylic acids is 2. The van der Waals surface area contributed by atoms with E-state index >= 15 is 0 Å². The average Bonchev–Trinajstić information content (AvgIpc) is 2.94. The van der Waals surface area contributed by atoms with Crippen LogP contribution in [0.5, 0.6) is 11.5 Å². The van der Waals surface area contributed by atoms with Gasteiger partial charge in [0, 0.05) is 0 Å². The summed E-state index contributed by atoms with van der Waals surface area (Å²) in [4.78, 5) is 26.8. The minimum Gasteiger partial charge on any atom is -0.493 e. The number of imide groups is 1. The van der Waals surface area contributed by atoms with Crippen molar-refractivity contribution >= 4 is 29.0 Å². The molecule has 0 saturated carbocycles. The number of rotatable bonds is 7. The molecule has 0 unspecified atom stereocenters. The average molecular weight is 412 g/mol. The monoisotopic (exact) mass is 411 g/mol. The summed E-state index contributed by atoms with van der Waals surface area (Å²) in [6, 6.07) is 13.3. The molecule has 2 aromatic rings. The lowest BCUT2D eigenvalue weighted by atomic mass is 10.1. The van der Waals surface area contributed by atoms with Crippen molar-refractivity contribution in [3.8, 4) is 11.5 Å². The van der Waals surface area contributed by atoms with Crippen molar-refractivity contribution in [3.05, 3.63) is 64.1 Å². The van der Waals surface area contributed by atoms with Crippen LogP contribution >= 0.6 is 11.8 Å². The number of benzene rings is 2. The number of carbonyl (C=O) groups is 2. The van der Waals surface area contributed by atoms with Gasteiger partial charge in [0.2, 0.25) is 0 Å². The van der Waals surface area contributed by atoms with E-state index in [-0.39, 0.29) is 17.7 Å². The number of ether oxygens (including phenoxy) is 2. The largest absolute Gasteiger partial charge is 0.493 e. The summed E-state index contributed by atoms with van der Waals surface area (Å²) in [5.41, 5.74) is 2.80. The van der Waals surface area contributed by atoms with E-state index in [1.807, 2.05) is 49.4 Å². The lowest BCUT2D eigenvalue weighted by Gasteiger charge is -2.13. The Bertz CT molecular complexity index is 952. The van der Waals surface area contributed by atoms with Gasteiger partial charge in [0.25, 0.3) is 11.1 Å². The van der Waals surface area contributed by atoms with Gasteiger partial charge in [0.05, 0.1) is 25.2 Å². The van der Waals surface area contributed by atoms with Gasteiger partial charge in [0.15, 0.2) is 11.5 Å². The third kappa shape index (κ3) is 5.21. The number of methoxy groups -OCH3 is 1. The molecule has 0 radical (unpaired) electrons. The molecule has 0 bridgehead atoms. The van der Waals surface area contributed by atoms with E-state index in [1.165, 1.54) is 4.90 Å². The minimum atomic E-state index is -0.277. The van der Waals surface area contributed by atoms with Crippen LogP contribution < -0.4 is 9.47 Å². The van der Waals surface area contributed by atoms with Crippen molar-refractivity contribution in [2.45, 2.75) is 27.3 Å². The lowest BCUT2D eigenvalue weighted by molar-refractivity contribution is -0.123. The Kier molecular flexibility index (Phi) is 6.64. The molecule has 2 aromatic carbocycles. The number of hydrogen-bond acceptors (Lipinski definition) is 5. The zero-order chi connectivity index (χ0) is 21.0. The first kappa shape index (κ1) is 21.0. The van der Waals surface area contributed by atoms with Crippen molar-refractivity contribution in [1.29, 1.82) is 0 Å². The van der Waals surface area contributed by atoms with Crippen molar-refractivity contribution in [2.75, 3.05) is 13.7 Å². The first-order chi connectivity index (χ1) is 13.9. The standard InChI is InChI=1S/C23H25NO4S/c1-15(2)14-28-19-9-8-17(11-20(19)27-4)12-21-22(25)24(23(26)29-21)13-18-7-5-6-16(3)10-18/h5-12,15H,13-14H2,1-4H3/b21-12-. The van der Waals surface area contributed by atoms with Gasteiger partial charge in [-0.25, -0.2) is 0 Å². The summed E-state index contributed by atoms with van der Waals surface area (Å²) in [5.74, 6) is 1.38. The van der Waals surface area contributed by atoms with E-state index in [0.717, 1.165) is 28.5 Å². The molecule has 2 amide bonds. The van der Waals surface area contributed by atoms with E-state index in [4.69, 9.17) is 9.47 Å². The zero-order valence-corrected chi connectivity index (χ0v) is 17.9. The molecule has 1 heterocycles. The Morgan fingerprint density at radius 1 is 1.10 bits per heavy atom. The zero-order valence-electron chi connectivity index (χ0n) is 17.1. The Balaban J connectivity index is 1.78. The van der Waals surface area contributed by atoms with Gasteiger partial charge in [-0.3, -0.25) is 14.5 Å². The minimum absolute atomic E-state index is 0.258. The highest BCUT2D eigenvalue weighted by Gasteiger charge is 2.35. The van der Waals surface area contributed by atoms with Crippen LogP contribution in [0.2, 0.25) is 0 Å². The van der Waals surface area contributed by atoms with Crippen LogP contribution in [0.1, 0.15) is 30.5 Å². The second-order valence-electron chi connectivity index (χ2n) is 7.37. The van der Waals surface area contributed by atoms with Gasteiger partial charge in [-0.1, -0.05) is 49.7 Å². The molecule has 0 aliphatic carbocycles. The second-order valence-corrected chi connectivity index (χ2v) is 8.37. The fraction of sp³-hybridized carbons (Fsp3) is 0.304. The summed E-state index contributed by atoms with van der Waals surface area (Å²) in [5, 5.41) is -0.258. The van der Waals surface area contributed by atoms with Gasteiger partial charge in [-0.2, -0.15) is 0 Å². The third-order valence-corrected chi connectivity index (χ3v) is 5.26. The van der Waals surface area contributed by atoms with Crippen molar-refractivity contribution in [2.24, 2.45) is 5.92 Å². The summed E-state index contributed by atoms with van der Waals surface area (Å²) in [6.07, 6.45) is 1.72. The molecule has 1 fully saturated rings. The first-order valence-corrected chi connectivity index (χ1v) is 10.3. The number of aryl methyl sites for hydroxylation is 1. The van der Waals surface area contributed by atoms with Crippen LogP contribution in [0.4, 0.5) is 4.79 Å². The molecule has 0 aromatic heterocycles. The highest BCUT2D eigenvalue weighted by atomic mass is 32.2. The normalized spacial score (nSPS) is 15.5. The molecule has 152 valence electrons. The fourth-order valence-corrected chi connectivity index (χ4v) is 3.77. The third-order valence-electron chi connectivity index (χ3n) is 4.35. The summed E-state index contributed by atoms with van der Waals surface area (Å²) in [6.45, 7) is 7.00. The van der Waals surface area contributed by atoms with E-state index in [9.17, 15) is 9.59 Å². The van der Waals surface area contributed by atoms with Crippen LogP contribution in [-0.2, 0) is 11.3 Å². The van der Waals surface area contributed by atoms with E-state index in [2.05, 4.69) is 13.8 Å². The highest BCUT2D eigenvalue weighted by molar-refractivity contribution is 8.18. The Labute approximate surface area is 175 Å². The summed E-state index contributed by atoms with van der Waals surface area (Å²) < 4.78 is 11.2. The summed E-state index contributed by atoms with van der Waals surface area (Å²) >= 11 is 0.958. The van der Waals surface area contributed by atoms with Gasteiger partial charge in [-0.15, -0.1) is 0 Å². The number of thioether (sulfide) groups is 1. The smallest absolute Gasteiger partial charge is 0.293 e. The molecule has 0 atom stereocenters. The molecule has 6 heteroatoms. The molecule has 1 aliphatic rings.